The predicted molar refractivity (Wildman–Crippen MR) is 60.8 cm³/mol. The zero-order valence-electron chi connectivity index (χ0n) is 8.90. The van der Waals surface area contributed by atoms with Crippen molar-refractivity contribution in [3.8, 4) is 0 Å². The highest BCUT2D eigenvalue weighted by Gasteiger charge is 2.07. The molecule has 0 radical (unpaired) electrons. The van der Waals surface area contributed by atoms with Crippen molar-refractivity contribution in [2.24, 2.45) is 5.73 Å². The topological polar surface area (TPSA) is 56.7 Å². The van der Waals surface area contributed by atoms with Gasteiger partial charge in [-0.25, -0.2) is 9.97 Å². The average Bonchev–Trinajstić information content (AvgIpc) is 2.76. The monoisotopic (exact) mass is 222 g/mol. The van der Waals surface area contributed by atoms with Gasteiger partial charge in [-0.1, -0.05) is 0 Å². The molecule has 0 unspecified atom stereocenters. The van der Waals surface area contributed by atoms with Gasteiger partial charge in [0.1, 0.15) is 5.82 Å². The molecule has 0 aliphatic rings. The molecule has 5 heteroatoms. The number of rotatable bonds is 3. The van der Waals surface area contributed by atoms with Crippen molar-refractivity contribution in [1.82, 2.24) is 14.5 Å². The van der Waals surface area contributed by atoms with Gasteiger partial charge in [-0.15, -0.1) is 11.3 Å². The van der Waals surface area contributed by atoms with Gasteiger partial charge in [-0.3, -0.25) is 0 Å². The molecular formula is C10H14N4S. The maximum absolute atomic E-state index is 5.64. The highest BCUT2D eigenvalue weighted by molar-refractivity contribution is 7.09. The van der Waals surface area contributed by atoms with Gasteiger partial charge in [-0.2, -0.15) is 0 Å². The molecule has 0 saturated carbocycles. The summed E-state index contributed by atoms with van der Waals surface area (Å²) in [5.74, 6) is 0.987. The van der Waals surface area contributed by atoms with Gasteiger partial charge in [-0.05, 0) is 13.8 Å². The lowest BCUT2D eigenvalue weighted by molar-refractivity contribution is 0.701. The zero-order valence-corrected chi connectivity index (χ0v) is 9.71. The first-order valence-corrected chi connectivity index (χ1v) is 5.70. The SMILES string of the molecule is Cc1nc(Cn2c(CN)cnc2C)cs1. The first-order valence-electron chi connectivity index (χ1n) is 4.82. The van der Waals surface area contributed by atoms with Crippen LogP contribution >= 0.6 is 11.3 Å². The fraction of sp³-hybridized carbons (Fsp3) is 0.400. The maximum Gasteiger partial charge on any atom is 0.106 e. The molecule has 2 N–H and O–H groups in total. The van der Waals surface area contributed by atoms with Gasteiger partial charge < -0.3 is 10.3 Å². The summed E-state index contributed by atoms with van der Waals surface area (Å²) in [7, 11) is 0. The molecule has 4 nitrogen and oxygen atoms in total. The summed E-state index contributed by atoms with van der Waals surface area (Å²) >= 11 is 1.67. The number of thiazole rings is 1. The molecule has 0 aromatic carbocycles. The highest BCUT2D eigenvalue weighted by atomic mass is 32.1. The Morgan fingerprint density at radius 1 is 1.47 bits per heavy atom. The largest absolute Gasteiger partial charge is 0.325 e. The van der Waals surface area contributed by atoms with Crippen molar-refractivity contribution in [2.75, 3.05) is 0 Å². The van der Waals surface area contributed by atoms with Crippen LogP contribution in [0.5, 0.6) is 0 Å². The minimum Gasteiger partial charge on any atom is -0.325 e. The third-order valence-electron chi connectivity index (χ3n) is 2.33. The molecule has 0 amide bonds. The Morgan fingerprint density at radius 2 is 2.27 bits per heavy atom. The third kappa shape index (κ3) is 2.08. The predicted octanol–water partition coefficient (Wildman–Crippen LogP) is 1.46. The normalized spacial score (nSPS) is 10.9. The van der Waals surface area contributed by atoms with Crippen molar-refractivity contribution in [3.63, 3.8) is 0 Å². The number of hydrogen-bond donors (Lipinski definition) is 1. The molecule has 2 aromatic rings. The molecule has 80 valence electrons. The summed E-state index contributed by atoms with van der Waals surface area (Å²) in [5, 5.41) is 3.17. The molecule has 2 rings (SSSR count). The van der Waals surface area contributed by atoms with E-state index in [1.54, 1.807) is 11.3 Å². The van der Waals surface area contributed by atoms with E-state index in [4.69, 9.17) is 5.73 Å². The standard InChI is InChI=1S/C10H14N4S/c1-7-12-4-10(3-11)14(7)5-9-6-15-8(2)13-9/h4,6H,3,5,11H2,1-2H3. The fourth-order valence-corrected chi connectivity index (χ4v) is 2.14. The first-order chi connectivity index (χ1) is 7.20. The summed E-state index contributed by atoms with van der Waals surface area (Å²) in [5.41, 5.74) is 7.78. The van der Waals surface area contributed by atoms with Crippen LogP contribution in [0.1, 0.15) is 22.2 Å². The molecule has 0 spiro atoms. The van der Waals surface area contributed by atoms with Crippen molar-refractivity contribution in [3.05, 3.63) is 33.8 Å². The zero-order chi connectivity index (χ0) is 10.8. The van der Waals surface area contributed by atoms with Crippen LogP contribution in [0.25, 0.3) is 0 Å². The van der Waals surface area contributed by atoms with Gasteiger partial charge >= 0.3 is 0 Å². The maximum atomic E-state index is 5.64. The summed E-state index contributed by atoms with van der Waals surface area (Å²) in [4.78, 5) is 8.68. The number of aryl methyl sites for hydroxylation is 2. The second kappa shape index (κ2) is 4.12. The molecule has 0 aliphatic carbocycles. The van der Waals surface area contributed by atoms with E-state index in [1.165, 1.54) is 0 Å². The second-order valence-electron chi connectivity index (χ2n) is 3.44. The Morgan fingerprint density at radius 3 is 2.87 bits per heavy atom. The number of nitrogens with two attached hydrogens (primary N) is 1. The van der Waals surface area contributed by atoms with Gasteiger partial charge in [0.25, 0.3) is 0 Å². The van der Waals surface area contributed by atoms with Gasteiger partial charge in [0.15, 0.2) is 0 Å². The van der Waals surface area contributed by atoms with Crippen molar-refractivity contribution < 1.29 is 0 Å². The minimum atomic E-state index is 0.518. The van der Waals surface area contributed by atoms with E-state index in [9.17, 15) is 0 Å². The number of hydrogen-bond acceptors (Lipinski definition) is 4. The van der Waals surface area contributed by atoms with Crippen LogP contribution in [0.2, 0.25) is 0 Å². The van der Waals surface area contributed by atoms with Crippen LogP contribution in [0, 0.1) is 13.8 Å². The van der Waals surface area contributed by atoms with Crippen molar-refractivity contribution >= 4 is 11.3 Å². The van der Waals surface area contributed by atoms with E-state index in [0.29, 0.717) is 6.54 Å². The van der Waals surface area contributed by atoms with Crippen LogP contribution in [-0.4, -0.2) is 14.5 Å². The van der Waals surface area contributed by atoms with Gasteiger partial charge in [0, 0.05) is 18.1 Å². The minimum absolute atomic E-state index is 0.518. The highest BCUT2D eigenvalue weighted by Crippen LogP contribution is 2.12. The summed E-state index contributed by atoms with van der Waals surface area (Å²) in [6.07, 6.45) is 1.83. The van der Waals surface area contributed by atoms with Crippen molar-refractivity contribution in [1.29, 1.82) is 0 Å². The Bertz CT molecular complexity index is 458. The van der Waals surface area contributed by atoms with Crippen LogP contribution < -0.4 is 5.73 Å². The van der Waals surface area contributed by atoms with Crippen LogP contribution in [0.15, 0.2) is 11.6 Å². The fourth-order valence-electron chi connectivity index (χ4n) is 1.54. The molecule has 0 aliphatic heterocycles. The number of aromatic nitrogens is 3. The Balaban J connectivity index is 2.26. The molecule has 2 aromatic heterocycles. The lowest BCUT2D eigenvalue weighted by Gasteiger charge is -2.06. The summed E-state index contributed by atoms with van der Waals surface area (Å²) in [6.45, 7) is 5.28. The Hall–Kier alpha value is -1.20. The van der Waals surface area contributed by atoms with Crippen LogP contribution in [0.3, 0.4) is 0 Å². The lowest BCUT2D eigenvalue weighted by atomic mass is 10.4. The molecule has 15 heavy (non-hydrogen) atoms. The smallest absolute Gasteiger partial charge is 0.106 e. The quantitative estimate of drug-likeness (QED) is 0.855. The van der Waals surface area contributed by atoms with E-state index in [0.717, 1.165) is 28.8 Å². The van der Waals surface area contributed by atoms with E-state index in [-0.39, 0.29) is 0 Å². The average molecular weight is 222 g/mol. The molecule has 0 saturated heterocycles. The number of nitrogens with zero attached hydrogens (tertiary/aromatic N) is 3. The van der Waals surface area contributed by atoms with E-state index in [2.05, 4.69) is 19.9 Å². The Kier molecular flexibility index (Phi) is 2.83. The molecule has 2 heterocycles. The number of imidazole rings is 1. The Labute approximate surface area is 92.8 Å². The summed E-state index contributed by atoms with van der Waals surface area (Å²) in [6, 6.07) is 0. The molecule has 0 bridgehead atoms. The van der Waals surface area contributed by atoms with Gasteiger partial charge in [0.2, 0.25) is 0 Å². The van der Waals surface area contributed by atoms with E-state index >= 15 is 0 Å². The van der Waals surface area contributed by atoms with Crippen LogP contribution in [0.4, 0.5) is 0 Å². The van der Waals surface area contributed by atoms with Gasteiger partial charge in [0.05, 0.1) is 22.9 Å². The first kappa shape index (κ1) is 10.3. The summed E-state index contributed by atoms with van der Waals surface area (Å²) < 4.78 is 2.11. The molecule has 0 atom stereocenters. The molecule has 0 fully saturated rings. The van der Waals surface area contributed by atoms with Crippen molar-refractivity contribution in [2.45, 2.75) is 26.9 Å². The third-order valence-corrected chi connectivity index (χ3v) is 3.16. The van der Waals surface area contributed by atoms with E-state index < -0.39 is 0 Å². The second-order valence-corrected chi connectivity index (χ2v) is 4.51. The molecular weight excluding hydrogens is 208 g/mol. The lowest BCUT2D eigenvalue weighted by Crippen LogP contribution is -2.10. The van der Waals surface area contributed by atoms with E-state index in [1.807, 2.05) is 20.0 Å². The van der Waals surface area contributed by atoms with Crippen LogP contribution in [-0.2, 0) is 13.1 Å².